The van der Waals surface area contributed by atoms with Gasteiger partial charge in [0.1, 0.15) is 11.6 Å². The maximum absolute atomic E-state index is 14.1. The molecule has 1 aromatic carbocycles. The van der Waals surface area contributed by atoms with Gasteiger partial charge in [0.15, 0.2) is 0 Å². The van der Waals surface area contributed by atoms with Crippen LogP contribution in [-0.4, -0.2) is 13.1 Å². The van der Waals surface area contributed by atoms with E-state index < -0.39 is 0 Å². The smallest absolute Gasteiger partial charge is 0.126 e. The highest BCUT2D eigenvalue weighted by molar-refractivity contribution is 5.24. The van der Waals surface area contributed by atoms with Crippen LogP contribution in [0.5, 0.6) is 0 Å². The van der Waals surface area contributed by atoms with E-state index in [2.05, 4.69) is 19.2 Å². The standard InChI is InChI=1S/C17H25F2N/c1-3-12-5-6-13(11-20-4-2)15(9-12)16-10-14(18)7-8-17(16)19/h7-8,10,12-13,15,20H,3-6,9,11H2,1-2H3. The van der Waals surface area contributed by atoms with Gasteiger partial charge in [-0.2, -0.15) is 0 Å². The van der Waals surface area contributed by atoms with E-state index in [0.717, 1.165) is 32.4 Å². The Bertz CT molecular complexity index is 433. The predicted octanol–water partition coefficient (Wildman–Crippen LogP) is 4.48. The Morgan fingerprint density at radius 2 is 2.00 bits per heavy atom. The van der Waals surface area contributed by atoms with Crippen molar-refractivity contribution in [3.05, 3.63) is 35.4 Å². The van der Waals surface area contributed by atoms with Gasteiger partial charge in [-0.15, -0.1) is 0 Å². The topological polar surface area (TPSA) is 12.0 Å². The molecule has 1 saturated carbocycles. The number of hydrogen-bond donors (Lipinski definition) is 1. The fourth-order valence-electron chi connectivity index (χ4n) is 3.44. The summed E-state index contributed by atoms with van der Waals surface area (Å²) >= 11 is 0. The lowest BCUT2D eigenvalue weighted by molar-refractivity contribution is 0.222. The zero-order chi connectivity index (χ0) is 14.5. The first-order chi connectivity index (χ1) is 9.65. The average molecular weight is 281 g/mol. The van der Waals surface area contributed by atoms with Gasteiger partial charge in [-0.05, 0) is 67.4 Å². The van der Waals surface area contributed by atoms with Gasteiger partial charge in [0.25, 0.3) is 0 Å². The number of hydrogen-bond acceptors (Lipinski definition) is 1. The van der Waals surface area contributed by atoms with E-state index in [1.54, 1.807) is 0 Å². The van der Waals surface area contributed by atoms with Crippen molar-refractivity contribution in [1.82, 2.24) is 5.32 Å². The lowest BCUT2D eigenvalue weighted by Crippen LogP contribution is -2.32. The summed E-state index contributed by atoms with van der Waals surface area (Å²) in [5, 5.41) is 3.37. The molecule has 0 radical (unpaired) electrons. The first kappa shape index (κ1) is 15.4. The van der Waals surface area contributed by atoms with Crippen molar-refractivity contribution in [3.8, 4) is 0 Å². The van der Waals surface area contributed by atoms with Gasteiger partial charge in [-0.1, -0.05) is 26.7 Å². The minimum Gasteiger partial charge on any atom is -0.317 e. The molecule has 0 bridgehead atoms. The summed E-state index contributed by atoms with van der Waals surface area (Å²) in [4.78, 5) is 0. The molecule has 0 aromatic heterocycles. The molecule has 1 aliphatic rings. The summed E-state index contributed by atoms with van der Waals surface area (Å²) in [7, 11) is 0. The first-order valence-corrected chi connectivity index (χ1v) is 7.81. The minimum absolute atomic E-state index is 0.142. The monoisotopic (exact) mass is 281 g/mol. The van der Waals surface area contributed by atoms with E-state index in [9.17, 15) is 8.78 Å². The fraction of sp³-hybridized carbons (Fsp3) is 0.647. The van der Waals surface area contributed by atoms with Crippen LogP contribution in [0.15, 0.2) is 18.2 Å². The molecule has 0 saturated heterocycles. The van der Waals surface area contributed by atoms with E-state index in [0.29, 0.717) is 17.4 Å². The van der Waals surface area contributed by atoms with Crippen molar-refractivity contribution >= 4 is 0 Å². The molecule has 0 amide bonds. The van der Waals surface area contributed by atoms with Crippen LogP contribution in [0.25, 0.3) is 0 Å². The molecule has 3 unspecified atom stereocenters. The Morgan fingerprint density at radius 3 is 2.70 bits per heavy atom. The Labute approximate surface area is 120 Å². The van der Waals surface area contributed by atoms with Crippen LogP contribution in [0, 0.1) is 23.5 Å². The summed E-state index contributed by atoms with van der Waals surface area (Å²) in [5.41, 5.74) is 0.575. The van der Waals surface area contributed by atoms with Crippen LogP contribution in [-0.2, 0) is 0 Å². The van der Waals surface area contributed by atoms with Crippen molar-refractivity contribution in [2.45, 2.75) is 45.4 Å². The maximum Gasteiger partial charge on any atom is 0.126 e. The second-order valence-electron chi connectivity index (χ2n) is 5.93. The number of halogens is 2. The number of benzene rings is 1. The Kier molecular flexibility index (Phi) is 5.53. The Morgan fingerprint density at radius 1 is 1.20 bits per heavy atom. The average Bonchev–Trinajstić information content (AvgIpc) is 2.47. The van der Waals surface area contributed by atoms with E-state index in [4.69, 9.17) is 0 Å². The summed E-state index contributed by atoms with van der Waals surface area (Å²) < 4.78 is 27.6. The summed E-state index contributed by atoms with van der Waals surface area (Å²) in [5.74, 6) is 0.606. The zero-order valence-corrected chi connectivity index (χ0v) is 12.5. The zero-order valence-electron chi connectivity index (χ0n) is 12.5. The summed E-state index contributed by atoms with van der Waals surface area (Å²) in [6.07, 6.45) is 4.42. The molecule has 1 aromatic rings. The largest absolute Gasteiger partial charge is 0.317 e. The molecule has 0 spiro atoms. The van der Waals surface area contributed by atoms with Gasteiger partial charge < -0.3 is 5.32 Å². The van der Waals surface area contributed by atoms with Crippen molar-refractivity contribution in [2.75, 3.05) is 13.1 Å². The Balaban J connectivity index is 2.23. The van der Waals surface area contributed by atoms with Gasteiger partial charge in [0, 0.05) is 0 Å². The molecule has 1 fully saturated rings. The van der Waals surface area contributed by atoms with Crippen molar-refractivity contribution < 1.29 is 8.78 Å². The SMILES string of the molecule is CCNCC1CCC(CC)CC1c1cc(F)ccc1F. The van der Waals surface area contributed by atoms with E-state index in [1.807, 2.05) is 0 Å². The molecule has 0 aliphatic heterocycles. The molecule has 1 aliphatic carbocycles. The number of rotatable bonds is 5. The van der Waals surface area contributed by atoms with Gasteiger partial charge >= 0.3 is 0 Å². The molecule has 3 atom stereocenters. The van der Waals surface area contributed by atoms with Gasteiger partial charge in [-0.3, -0.25) is 0 Å². The van der Waals surface area contributed by atoms with Gasteiger partial charge in [0.2, 0.25) is 0 Å². The molecule has 112 valence electrons. The second kappa shape index (κ2) is 7.16. The lowest BCUT2D eigenvalue weighted by Gasteiger charge is -2.36. The van der Waals surface area contributed by atoms with Crippen molar-refractivity contribution in [1.29, 1.82) is 0 Å². The highest BCUT2D eigenvalue weighted by Crippen LogP contribution is 2.42. The molecular weight excluding hydrogens is 256 g/mol. The van der Waals surface area contributed by atoms with E-state index in [-0.39, 0.29) is 17.6 Å². The van der Waals surface area contributed by atoms with E-state index >= 15 is 0 Å². The van der Waals surface area contributed by atoms with Gasteiger partial charge in [-0.25, -0.2) is 8.78 Å². The molecule has 1 N–H and O–H groups in total. The summed E-state index contributed by atoms with van der Waals surface area (Å²) in [6.45, 7) is 6.09. The highest BCUT2D eigenvalue weighted by atomic mass is 19.1. The van der Waals surface area contributed by atoms with Crippen LogP contribution in [0.2, 0.25) is 0 Å². The summed E-state index contributed by atoms with van der Waals surface area (Å²) in [6, 6.07) is 3.87. The molecule has 1 nitrogen and oxygen atoms in total. The van der Waals surface area contributed by atoms with Crippen molar-refractivity contribution in [2.24, 2.45) is 11.8 Å². The third-order valence-electron chi connectivity index (χ3n) is 4.69. The quantitative estimate of drug-likeness (QED) is 0.839. The van der Waals surface area contributed by atoms with E-state index in [1.165, 1.54) is 24.6 Å². The second-order valence-corrected chi connectivity index (χ2v) is 5.93. The van der Waals surface area contributed by atoms with Crippen molar-refractivity contribution in [3.63, 3.8) is 0 Å². The van der Waals surface area contributed by atoms with Crippen LogP contribution in [0.1, 0.15) is 51.0 Å². The van der Waals surface area contributed by atoms with Gasteiger partial charge in [0.05, 0.1) is 0 Å². The molecule has 3 heteroatoms. The normalized spacial score (nSPS) is 26.7. The maximum atomic E-state index is 14.1. The molecule has 0 heterocycles. The molecule has 20 heavy (non-hydrogen) atoms. The Hall–Kier alpha value is -0.960. The predicted molar refractivity (Wildman–Crippen MR) is 78.8 cm³/mol. The minimum atomic E-state index is -0.331. The van der Waals surface area contributed by atoms with Crippen LogP contribution in [0.3, 0.4) is 0 Å². The van der Waals surface area contributed by atoms with Crippen LogP contribution >= 0.6 is 0 Å². The molecule has 2 rings (SSSR count). The molecular formula is C17H25F2N. The van der Waals surface area contributed by atoms with Crippen LogP contribution in [0.4, 0.5) is 8.78 Å². The number of nitrogens with one attached hydrogen (secondary N) is 1. The van der Waals surface area contributed by atoms with Crippen LogP contribution < -0.4 is 5.32 Å². The first-order valence-electron chi connectivity index (χ1n) is 7.81. The third-order valence-corrected chi connectivity index (χ3v) is 4.69. The highest BCUT2D eigenvalue weighted by Gasteiger charge is 2.32. The third kappa shape index (κ3) is 3.57. The lowest BCUT2D eigenvalue weighted by atomic mass is 9.70. The fourth-order valence-corrected chi connectivity index (χ4v) is 3.44.